The van der Waals surface area contributed by atoms with Crippen molar-refractivity contribution in [3.8, 4) is 0 Å². The number of rotatable bonds is 2. The minimum atomic E-state index is -0.340. The summed E-state index contributed by atoms with van der Waals surface area (Å²) < 4.78 is 0. The van der Waals surface area contributed by atoms with Gasteiger partial charge in [0.15, 0.2) is 0 Å². The second kappa shape index (κ2) is 5.71. The molecule has 1 unspecified atom stereocenters. The van der Waals surface area contributed by atoms with E-state index in [-0.39, 0.29) is 5.38 Å². The zero-order valence-corrected chi connectivity index (χ0v) is 12.6. The van der Waals surface area contributed by atoms with Crippen LogP contribution in [0.25, 0.3) is 0 Å². The van der Waals surface area contributed by atoms with Crippen LogP contribution < -0.4 is 0 Å². The quantitative estimate of drug-likeness (QED) is 0.571. The highest BCUT2D eigenvalue weighted by Gasteiger charge is 2.15. The van der Waals surface area contributed by atoms with Crippen molar-refractivity contribution >= 4 is 46.4 Å². The molecule has 0 radical (unpaired) electrons. The number of benzene rings is 2. The molecule has 0 amide bonds. The van der Waals surface area contributed by atoms with Crippen LogP contribution in [0.15, 0.2) is 36.4 Å². The summed E-state index contributed by atoms with van der Waals surface area (Å²) in [7, 11) is 0. The summed E-state index contributed by atoms with van der Waals surface area (Å²) in [6.45, 7) is 1.95. The maximum Gasteiger partial charge on any atom is 0.0850 e. The number of hydrogen-bond donors (Lipinski definition) is 0. The molecule has 0 aliphatic heterocycles. The van der Waals surface area contributed by atoms with Gasteiger partial charge < -0.3 is 0 Å². The molecule has 94 valence electrons. The van der Waals surface area contributed by atoms with Crippen LogP contribution in [-0.4, -0.2) is 0 Å². The highest BCUT2D eigenvalue weighted by atomic mass is 35.5. The number of hydrogen-bond acceptors (Lipinski definition) is 0. The highest BCUT2D eigenvalue weighted by Crippen LogP contribution is 2.36. The summed E-state index contributed by atoms with van der Waals surface area (Å²) in [5.74, 6) is 0. The summed E-state index contributed by atoms with van der Waals surface area (Å²) >= 11 is 24.5. The van der Waals surface area contributed by atoms with Crippen LogP contribution in [0.5, 0.6) is 0 Å². The van der Waals surface area contributed by atoms with Crippen molar-refractivity contribution in [3.63, 3.8) is 0 Å². The van der Waals surface area contributed by atoms with Gasteiger partial charge in [0.1, 0.15) is 0 Å². The molecule has 0 saturated heterocycles. The van der Waals surface area contributed by atoms with Gasteiger partial charge in [0.05, 0.1) is 5.38 Å². The lowest BCUT2D eigenvalue weighted by Crippen LogP contribution is -1.95. The van der Waals surface area contributed by atoms with Crippen LogP contribution in [0, 0.1) is 6.92 Å². The lowest BCUT2D eigenvalue weighted by Gasteiger charge is -2.13. The Bertz CT molecular complexity index is 578. The molecule has 0 N–H and O–H groups in total. The van der Waals surface area contributed by atoms with Crippen molar-refractivity contribution in [3.05, 3.63) is 68.2 Å². The van der Waals surface area contributed by atoms with Crippen molar-refractivity contribution in [2.45, 2.75) is 12.3 Å². The van der Waals surface area contributed by atoms with Crippen LogP contribution in [0.1, 0.15) is 22.1 Å². The monoisotopic (exact) mass is 318 g/mol. The van der Waals surface area contributed by atoms with Gasteiger partial charge in [0.25, 0.3) is 0 Å². The molecule has 0 aromatic heterocycles. The average Bonchev–Trinajstić information content (AvgIpc) is 2.32. The van der Waals surface area contributed by atoms with Gasteiger partial charge in [-0.1, -0.05) is 53.0 Å². The molecule has 2 aromatic carbocycles. The van der Waals surface area contributed by atoms with E-state index in [1.807, 2.05) is 31.2 Å². The van der Waals surface area contributed by atoms with Crippen LogP contribution >= 0.6 is 46.4 Å². The summed E-state index contributed by atoms with van der Waals surface area (Å²) in [4.78, 5) is 0. The van der Waals surface area contributed by atoms with Crippen molar-refractivity contribution in [1.29, 1.82) is 0 Å². The van der Waals surface area contributed by atoms with Crippen LogP contribution in [0.4, 0.5) is 0 Å². The molecule has 0 spiro atoms. The lowest BCUT2D eigenvalue weighted by molar-refractivity contribution is 1.14. The first-order valence-corrected chi connectivity index (χ1v) is 6.91. The topological polar surface area (TPSA) is 0 Å². The fourth-order valence-electron chi connectivity index (χ4n) is 1.65. The van der Waals surface area contributed by atoms with Gasteiger partial charge in [0.2, 0.25) is 0 Å². The van der Waals surface area contributed by atoms with Gasteiger partial charge in [-0.15, -0.1) is 11.6 Å². The second-order valence-corrected chi connectivity index (χ2v) is 5.72. The standard InChI is InChI=1S/C14H10Cl4/c1-8-2-3-9(6-12(8)16)14(18)11-5-4-10(15)7-13(11)17/h2-7,14H,1H3. The van der Waals surface area contributed by atoms with E-state index >= 15 is 0 Å². The Morgan fingerprint density at radius 1 is 0.889 bits per heavy atom. The lowest BCUT2D eigenvalue weighted by atomic mass is 10.0. The molecular formula is C14H10Cl4. The first kappa shape index (κ1) is 14.0. The minimum absolute atomic E-state index is 0.340. The summed E-state index contributed by atoms with van der Waals surface area (Å²) in [6, 6.07) is 11.0. The van der Waals surface area contributed by atoms with Crippen molar-refractivity contribution in [1.82, 2.24) is 0 Å². The van der Waals surface area contributed by atoms with E-state index < -0.39 is 0 Å². The van der Waals surface area contributed by atoms with E-state index in [2.05, 4.69) is 0 Å². The van der Waals surface area contributed by atoms with Gasteiger partial charge in [0, 0.05) is 15.1 Å². The molecule has 2 aromatic rings. The van der Waals surface area contributed by atoms with Crippen LogP contribution in [-0.2, 0) is 0 Å². The van der Waals surface area contributed by atoms with Crippen molar-refractivity contribution < 1.29 is 0 Å². The largest absolute Gasteiger partial charge is 0.113 e. The molecule has 0 saturated carbocycles. The molecule has 0 aliphatic carbocycles. The van der Waals surface area contributed by atoms with Gasteiger partial charge in [-0.05, 0) is 41.8 Å². The molecule has 0 bridgehead atoms. The van der Waals surface area contributed by atoms with E-state index in [0.717, 1.165) is 16.7 Å². The molecule has 18 heavy (non-hydrogen) atoms. The molecule has 2 rings (SSSR count). The second-order valence-electron chi connectivity index (χ2n) is 4.04. The molecule has 0 aliphatic rings. The Morgan fingerprint density at radius 3 is 2.22 bits per heavy atom. The third-order valence-electron chi connectivity index (χ3n) is 2.72. The number of halogens is 4. The number of aryl methyl sites for hydroxylation is 1. The predicted molar refractivity (Wildman–Crippen MR) is 80.3 cm³/mol. The summed E-state index contributed by atoms with van der Waals surface area (Å²) in [5.41, 5.74) is 2.76. The Labute approximate surface area is 126 Å². The third kappa shape index (κ3) is 2.95. The van der Waals surface area contributed by atoms with Gasteiger partial charge in [-0.2, -0.15) is 0 Å². The van der Waals surface area contributed by atoms with E-state index in [0.29, 0.717) is 15.1 Å². The zero-order valence-electron chi connectivity index (χ0n) is 9.55. The highest BCUT2D eigenvalue weighted by molar-refractivity contribution is 6.36. The van der Waals surface area contributed by atoms with Gasteiger partial charge >= 0.3 is 0 Å². The predicted octanol–water partition coefficient (Wildman–Crippen LogP) is 6.28. The summed E-state index contributed by atoms with van der Waals surface area (Å²) in [5, 5.41) is 1.50. The Hall–Kier alpha value is -0.400. The van der Waals surface area contributed by atoms with E-state index in [1.165, 1.54) is 0 Å². The minimum Gasteiger partial charge on any atom is -0.113 e. The molecule has 0 nitrogen and oxygen atoms in total. The first-order chi connectivity index (χ1) is 8.49. The van der Waals surface area contributed by atoms with Crippen LogP contribution in [0.3, 0.4) is 0 Å². The van der Waals surface area contributed by atoms with Crippen molar-refractivity contribution in [2.24, 2.45) is 0 Å². The zero-order chi connectivity index (χ0) is 13.3. The van der Waals surface area contributed by atoms with Crippen molar-refractivity contribution in [2.75, 3.05) is 0 Å². The average molecular weight is 320 g/mol. The Balaban J connectivity index is 2.41. The van der Waals surface area contributed by atoms with E-state index in [9.17, 15) is 0 Å². The maximum absolute atomic E-state index is 6.43. The van der Waals surface area contributed by atoms with E-state index in [4.69, 9.17) is 46.4 Å². The fourth-order valence-corrected chi connectivity index (χ4v) is 2.74. The van der Waals surface area contributed by atoms with E-state index in [1.54, 1.807) is 12.1 Å². The molecule has 1 atom stereocenters. The van der Waals surface area contributed by atoms with Crippen LogP contribution in [0.2, 0.25) is 15.1 Å². The fraction of sp³-hybridized carbons (Fsp3) is 0.143. The van der Waals surface area contributed by atoms with Gasteiger partial charge in [-0.25, -0.2) is 0 Å². The molecule has 0 fully saturated rings. The normalized spacial score (nSPS) is 12.5. The SMILES string of the molecule is Cc1ccc(C(Cl)c2ccc(Cl)cc2Cl)cc1Cl. The molecule has 0 heterocycles. The Morgan fingerprint density at radius 2 is 1.61 bits per heavy atom. The maximum atomic E-state index is 6.43. The number of alkyl halides is 1. The van der Waals surface area contributed by atoms with Gasteiger partial charge in [-0.3, -0.25) is 0 Å². The Kier molecular flexibility index (Phi) is 4.45. The summed E-state index contributed by atoms with van der Waals surface area (Å²) in [6.07, 6.45) is 0. The molecular weight excluding hydrogens is 310 g/mol. The molecule has 4 heteroatoms. The first-order valence-electron chi connectivity index (χ1n) is 5.34. The smallest absolute Gasteiger partial charge is 0.0850 e. The third-order valence-corrected chi connectivity index (χ3v) is 4.18.